The summed E-state index contributed by atoms with van der Waals surface area (Å²) in [5, 5.41) is 13.8. The van der Waals surface area contributed by atoms with E-state index in [0.29, 0.717) is 0 Å². The standard InChI is InChI=1S/C13H19N3O4S.ClH/c1-10(11-3-2-8-14-9-11)15-21(19,20)13-6-4-12(5-7-13)16(17)18;/h4-7,10-11,14-15H,2-3,8-9H2,1H3;1H. The summed E-state index contributed by atoms with van der Waals surface area (Å²) in [5.41, 5.74) is -0.126. The van der Waals surface area contributed by atoms with Crippen LogP contribution in [-0.4, -0.2) is 32.5 Å². The molecule has 2 unspecified atom stereocenters. The average molecular weight is 350 g/mol. The molecule has 0 aromatic heterocycles. The number of nitro benzene ring substituents is 1. The Balaban J connectivity index is 0.00000242. The number of piperidine rings is 1. The van der Waals surface area contributed by atoms with Gasteiger partial charge in [-0.05, 0) is 50.9 Å². The molecule has 0 amide bonds. The van der Waals surface area contributed by atoms with Crippen molar-refractivity contribution in [3.63, 3.8) is 0 Å². The number of halogens is 1. The van der Waals surface area contributed by atoms with Gasteiger partial charge in [-0.3, -0.25) is 10.1 Å². The molecule has 1 heterocycles. The number of nitrogens with one attached hydrogen (secondary N) is 2. The fraction of sp³-hybridized carbons (Fsp3) is 0.538. The molecule has 0 bridgehead atoms. The Morgan fingerprint density at radius 1 is 1.36 bits per heavy atom. The Morgan fingerprint density at radius 2 is 2.00 bits per heavy atom. The van der Waals surface area contributed by atoms with E-state index in [0.717, 1.165) is 25.9 Å². The van der Waals surface area contributed by atoms with Gasteiger partial charge in [0.2, 0.25) is 10.0 Å². The first-order chi connectivity index (χ1) is 9.90. The number of rotatable bonds is 5. The summed E-state index contributed by atoms with van der Waals surface area (Å²) in [4.78, 5) is 10.1. The number of nitrogens with zero attached hydrogens (tertiary/aromatic N) is 1. The monoisotopic (exact) mass is 349 g/mol. The van der Waals surface area contributed by atoms with Gasteiger partial charge in [-0.2, -0.15) is 0 Å². The molecule has 1 aliphatic rings. The van der Waals surface area contributed by atoms with Crippen LogP contribution in [-0.2, 0) is 10.0 Å². The molecule has 0 aliphatic carbocycles. The molecule has 1 aromatic rings. The van der Waals surface area contributed by atoms with Crippen molar-refractivity contribution >= 4 is 28.1 Å². The van der Waals surface area contributed by atoms with E-state index in [-0.39, 0.29) is 34.9 Å². The van der Waals surface area contributed by atoms with Crippen molar-refractivity contribution in [2.75, 3.05) is 13.1 Å². The predicted molar refractivity (Wildman–Crippen MR) is 85.7 cm³/mol. The van der Waals surface area contributed by atoms with Crippen LogP contribution < -0.4 is 10.0 Å². The van der Waals surface area contributed by atoms with Crippen LogP contribution in [0.25, 0.3) is 0 Å². The SMILES string of the molecule is CC(NS(=O)(=O)c1ccc([N+](=O)[O-])cc1)C1CCCNC1.Cl. The first kappa shape index (κ1) is 18.8. The summed E-state index contributed by atoms with van der Waals surface area (Å²) in [6, 6.07) is 4.72. The molecule has 1 aliphatic heterocycles. The van der Waals surface area contributed by atoms with E-state index in [1.54, 1.807) is 0 Å². The van der Waals surface area contributed by atoms with Crippen LogP contribution in [0, 0.1) is 16.0 Å². The largest absolute Gasteiger partial charge is 0.316 e. The summed E-state index contributed by atoms with van der Waals surface area (Å²) in [6.45, 7) is 3.61. The molecule has 1 fully saturated rings. The van der Waals surface area contributed by atoms with Crippen molar-refractivity contribution in [3.8, 4) is 0 Å². The fourth-order valence-corrected chi connectivity index (χ4v) is 3.77. The Kier molecular flexibility index (Phi) is 6.73. The van der Waals surface area contributed by atoms with Crippen molar-refractivity contribution in [2.45, 2.75) is 30.7 Å². The smallest absolute Gasteiger partial charge is 0.269 e. The highest BCUT2D eigenvalue weighted by Gasteiger charge is 2.25. The zero-order valence-corrected chi connectivity index (χ0v) is 13.8. The van der Waals surface area contributed by atoms with Crippen LogP contribution in [0.3, 0.4) is 0 Å². The predicted octanol–water partition coefficient (Wildman–Crippen LogP) is 1.68. The van der Waals surface area contributed by atoms with E-state index in [1.165, 1.54) is 24.3 Å². The van der Waals surface area contributed by atoms with Crippen LogP contribution in [0.4, 0.5) is 5.69 Å². The van der Waals surface area contributed by atoms with Gasteiger partial charge < -0.3 is 5.32 Å². The highest BCUT2D eigenvalue weighted by atomic mass is 35.5. The van der Waals surface area contributed by atoms with Gasteiger partial charge in [0.1, 0.15) is 0 Å². The molecular formula is C13H20ClN3O4S. The van der Waals surface area contributed by atoms with Crippen LogP contribution in [0.15, 0.2) is 29.2 Å². The molecule has 124 valence electrons. The molecule has 0 spiro atoms. The van der Waals surface area contributed by atoms with Crippen molar-refractivity contribution in [3.05, 3.63) is 34.4 Å². The molecule has 0 saturated carbocycles. The minimum absolute atomic E-state index is 0. The summed E-state index contributed by atoms with van der Waals surface area (Å²) < 4.78 is 27.2. The van der Waals surface area contributed by atoms with Gasteiger partial charge in [-0.25, -0.2) is 13.1 Å². The van der Waals surface area contributed by atoms with Crippen molar-refractivity contribution in [2.24, 2.45) is 5.92 Å². The normalized spacial score (nSPS) is 20.0. The third kappa shape index (κ3) is 4.64. The number of sulfonamides is 1. The van der Waals surface area contributed by atoms with Crippen LogP contribution in [0.1, 0.15) is 19.8 Å². The van der Waals surface area contributed by atoms with E-state index >= 15 is 0 Å². The molecule has 2 atom stereocenters. The highest BCUT2D eigenvalue weighted by Crippen LogP contribution is 2.19. The van der Waals surface area contributed by atoms with E-state index in [4.69, 9.17) is 0 Å². The lowest BCUT2D eigenvalue weighted by molar-refractivity contribution is -0.384. The number of nitro groups is 1. The van der Waals surface area contributed by atoms with Gasteiger partial charge in [0.25, 0.3) is 5.69 Å². The third-order valence-electron chi connectivity index (χ3n) is 3.74. The lowest BCUT2D eigenvalue weighted by atomic mass is 9.94. The van der Waals surface area contributed by atoms with E-state index < -0.39 is 14.9 Å². The molecule has 22 heavy (non-hydrogen) atoms. The maximum atomic E-state index is 12.3. The Morgan fingerprint density at radius 3 is 2.50 bits per heavy atom. The second-order valence-corrected chi connectivity index (χ2v) is 6.98. The quantitative estimate of drug-likeness (QED) is 0.622. The highest BCUT2D eigenvalue weighted by molar-refractivity contribution is 7.89. The van der Waals surface area contributed by atoms with E-state index in [9.17, 15) is 18.5 Å². The third-order valence-corrected chi connectivity index (χ3v) is 5.32. The van der Waals surface area contributed by atoms with Gasteiger partial charge in [-0.1, -0.05) is 0 Å². The van der Waals surface area contributed by atoms with Gasteiger partial charge in [-0.15, -0.1) is 12.4 Å². The summed E-state index contributed by atoms with van der Waals surface area (Å²) in [5.74, 6) is 0.256. The fourth-order valence-electron chi connectivity index (χ4n) is 2.46. The number of hydrogen-bond acceptors (Lipinski definition) is 5. The molecule has 1 saturated heterocycles. The molecule has 2 rings (SSSR count). The molecule has 1 aromatic carbocycles. The van der Waals surface area contributed by atoms with Gasteiger partial charge in [0.05, 0.1) is 9.82 Å². The first-order valence-electron chi connectivity index (χ1n) is 6.87. The zero-order chi connectivity index (χ0) is 15.5. The number of benzene rings is 1. The van der Waals surface area contributed by atoms with Crippen LogP contribution in [0.5, 0.6) is 0 Å². The zero-order valence-electron chi connectivity index (χ0n) is 12.2. The molecular weight excluding hydrogens is 330 g/mol. The first-order valence-corrected chi connectivity index (χ1v) is 8.36. The molecule has 0 radical (unpaired) electrons. The topological polar surface area (TPSA) is 101 Å². The number of non-ortho nitro benzene ring substituents is 1. The van der Waals surface area contributed by atoms with Gasteiger partial charge in [0, 0.05) is 18.2 Å². The summed E-state index contributed by atoms with van der Waals surface area (Å²) >= 11 is 0. The second-order valence-electron chi connectivity index (χ2n) is 5.27. The van der Waals surface area contributed by atoms with Gasteiger partial charge in [0.15, 0.2) is 0 Å². The Bertz CT molecular complexity index is 600. The maximum Gasteiger partial charge on any atom is 0.269 e. The van der Waals surface area contributed by atoms with Crippen molar-refractivity contribution < 1.29 is 13.3 Å². The number of hydrogen-bond donors (Lipinski definition) is 2. The van der Waals surface area contributed by atoms with Crippen LogP contribution >= 0.6 is 12.4 Å². The lowest BCUT2D eigenvalue weighted by Gasteiger charge is -2.28. The van der Waals surface area contributed by atoms with Gasteiger partial charge >= 0.3 is 0 Å². The maximum absolute atomic E-state index is 12.3. The van der Waals surface area contributed by atoms with Crippen molar-refractivity contribution in [1.82, 2.24) is 10.0 Å². The van der Waals surface area contributed by atoms with E-state index in [1.807, 2.05) is 6.92 Å². The summed E-state index contributed by atoms with van der Waals surface area (Å²) in [7, 11) is -3.65. The average Bonchev–Trinajstić information content (AvgIpc) is 2.48. The van der Waals surface area contributed by atoms with Crippen molar-refractivity contribution in [1.29, 1.82) is 0 Å². The minimum atomic E-state index is -3.65. The lowest BCUT2D eigenvalue weighted by Crippen LogP contribution is -2.44. The Hall–Kier alpha value is -1.22. The van der Waals surface area contributed by atoms with Crippen LogP contribution in [0.2, 0.25) is 0 Å². The molecule has 9 heteroatoms. The minimum Gasteiger partial charge on any atom is -0.316 e. The Labute approximate surface area is 136 Å². The summed E-state index contributed by atoms with van der Waals surface area (Å²) in [6.07, 6.45) is 2.02. The second kappa shape index (κ2) is 7.87. The van der Waals surface area contributed by atoms with E-state index in [2.05, 4.69) is 10.0 Å². The molecule has 7 nitrogen and oxygen atoms in total. The molecule has 2 N–H and O–H groups in total.